The first-order valence-electron chi connectivity index (χ1n) is 8.51. The molecule has 0 aromatic heterocycles. The molecule has 1 fully saturated rings. The van der Waals surface area contributed by atoms with Gasteiger partial charge in [-0.25, -0.2) is 0 Å². The van der Waals surface area contributed by atoms with E-state index in [4.69, 9.17) is 14.2 Å². The number of rotatable bonds is 8. The lowest BCUT2D eigenvalue weighted by Gasteiger charge is -2.13. The first-order valence-corrected chi connectivity index (χ1v) is 8.51. The standard InChI is InChI=1S/C20H24N2O4/c1-24-17-9-5-4-7-15(17)12-22-13-16(22)20(23)21-11-14-8-6-10-18(25-2)19(14)26-3/h4-10,16H,11-13H2,1-3H3,(H,21,23). The molecule has 0 aliphatic carbocycles. The van der Waals surface area contributed by atoms with Gasteiger partial charge in [0.2, 0.25) is 5.91 Å². The average Bonchev–Trinajstić information content (AvgIpc) is 3.45. The summed E-state index contributed by atoms with van der Waals surface area (Å²) in [4.78, 5) is 14.5. The summed E-state index contributed by atoms with van der Waals surface area (Å²) in [5, 5.41) is 2.98. The predicted octanol–water partition coefficient (Wildman–Crippen LogP) is 2.21. The zero-order chi connectivity index (χ0) is 18.5. The number of benzene rings is 2. The summed E-state index contributed by atoms with van der Waals surface area (Å²) in [5.74, 6) is 2.17. The van der Waals surface area contributed by atoms with Crippen LogP contribution in [0.1, 0.15) is 11.1 Å². The minimum absolute atomic E-state index is 0.0183. The monoisotopic (exact) mass is 356 g/mol. The van der Waals surface area contributed by atoms with Gasteiger partial charge in [-0.15, -0.1) is 0 Å². The summed E-state index contributed by atoms with van der Waals surface area (Å²) in [6.45, 7) is 1.85. The number of hydrogen-bond acceptors (Lipinski definition) is 5. The number of para-hydroxylation sites is 2. The lowest BCUT2D eigenvalue weighted by atomic mass is 10.2. The lowest BCUT2D eigenvalue weighted by Crippen LogP contribution is -2.29. The fourth-order valence-corrected chi connectivity index (χ4v) is 3.04. The highest BCUT2D eigenvalue weighted by atomic mass is 16.5. The Morgan fingerprint density at radius 3 is 2.42 bits per heavy atom. The summed E-state index contributed by atoms with van der Waals surface area (Å²) in [6.07, 6.45) is 0. The molecule has 2 aromatic rings. The molecule has 3 rings (SSSR count). The van der Waals surface area contributed by atoms with Crippen molar-refractivity contribution in [1.29, 1.82) is 0 Å². The first-order chi connectivity index (χ1) is 12.7. The van der Waals surface area contributed by atoms with Crippen molar-refractivity contribution in [2.24, 2.45) is 0 Å². The third-order valence-electron chi connectivity index (χ3n) is 4.52. The Balaban J connectivity index is 1.56. The van der Waals surface area contributed by atoms with E-state index in [0.717, 1.165) is 23.4 Å². The molecule has 0 saturated carbocycles. The van der Waals surface area contributed by atoms with Crippen LogP contribution >= 0.6 is 0 Å². The minimum atomic E-state index is -0.100. The van der Waals surface area contributed by atoms with Gasteiger partial charge in [-0.3, -0.25) is 9.69 Å². The summed E-state index contributed by atoms with van der Waals surface area (Å²) in [6, 6.07) is 13.4. The largest absolute Gasteiger partial charge is 0.496 e. The van der Waals surface area contributed by atoms with Crippen LogP contribution in [0.15, 0.2) is 42.5 Å². The number of carbonyl (C=O) groups excluding carboxylic acids is 1. The second-order valence-corrected chi connectivity index (χ2v) is 6.13. The normalized spacial score (nSPS) is 18.1. The Morgan fingerprint density at radius 2 is 1.69 bits per heavy atom. The molecule has 1 heterocycles. The van der Waals surface area contributed by atoms with E-state index >= 15 is 0 Å². The van der Waals surface area contributed by atoms with Gasteiger partial charge in [-0.2, -0.15) is 0 Å². The molecule has 1 amide bonds. The van der Waals surface area contributed by atoms with Gasteiger partial charge in [0, 0.05) is 30.8 Å². The zero-order valence-corrected chi connectivity index (χ0v) is 15.3. The molecule has 1 N–H and O–H groups in total. The summed E-state index contributed by atoms with van der Waals surface area (Å²) in [7, 11) is 4.85. The molecule has 0 spiro atoms. The van der Waals surface area contributed by atoms with E-state index in [2.05, 4.69) is 10.2 Å². The van der Waals surface area contributed by atoms with Crippen molar-refractivity contribution in [1.82, 2.24) is 10.2 Å². The van der Waals surface area contributed by atoms with Crippen molar-refractivity contribution in [3.63, 3.8) is 0 Å². The third kappa shape index (κ3) is 3.91. The van der Waals surface area contributed by atoms with Crippen LogP contribution < -0.4 is 19.5 Å². The molecule has 0 radical (unpaired) electrons. The van der Waals surface area contributed by atoms with Crippen molar-refractivity contribution in [2.45, 2.75) is 19.1 Å². The quantitative estimate of drug-likeness (QED) is 0.735. The highest BCUT2D eigenvalue weighted by molar-refractivity contribution is 5.84. The Hall–Kier alpha value is -2.73. The van der Waals surface area contributed by atoms with E-state index in [1.54, 1.807) is 21.3 Å². The molecule has 2 aromatic carbocycles. The fraction of sp³-hybridized carbons (Fsp3) is 0.350. The average molecular weight is 356 g/mol. The van der Waals surface area contributed by atoms with Crippen LogP contribution in [-0.2, 0) is 17.9 Å². The van der Waals surface area contributed by atoms with Gasteiger partial charge in [0.15, 0.2) is 11.5 Å². The van der Waals surface area contributed by atoms with E-state index in [1.165, 1.54) is 0 Å². The summed E-state index contributed by atoms with van der Waals surface area (Å²) < 4.78 is 16.1. The van der Waals surface area contributed by atoms with Gasteiger partial charge >= 0.3 is 0 Å². The topological polar surface area (TPSA) is 59.8 Å². The van der Waals surface area contributed by atoms with Gasteiger partial charge < -0.3 is 19.5 Å². The van der Waals surface area contributed by atoms with Crippen LogP contribution in [-0.4, -0.2) is 44.7 Å². The number of methoxy groups -OCH3 is 3. The Labute approximate surface area is 153 Å². The SMILES string of the molecule is COc1ccccc1CN1CC1C(=O)NCc1cccc(OC)c1OC. The molecule has 0 bridgehead atoms. The van der Waals surface area contributed by atoms with E-state index in [1.807, 2.05) is 42.5 Å². The Morgan fingerprint density at radius 1 is 1.00 bits per heavy atom. The molecule has 2 unspecified atom stereocenters. The van der Waals surface area contributed by atoms with Crippen LogP contribution in [0.25, 0.3) is 0 Å². The number of nitrogens with one attached hydrogen (secondary N) is 1. The molecule has 26 heavy (non-hydrogen) atoms. The van der Waals surface area contributed by atoms with Crippen LogP contribution in [0.5, 0.6) is 17.2 Å². The molecular formula is C20H24N2O4. The van der Waals surface area contributed by atoms with Crippen molar-refractivity contribution in [2.75, 3.05) is 27.9 Å². The first kappa shape index (κ1) is 18.1. The van der Waals surface area contributed by atoms with Crippen molar-refractivity contribution >= 4 is 5.91 Å². The molecule has 6 nitrogen and oxygen atoms in total. The molecule has 6 heteroatoms. The number of hydrogen-bond donors (Lipinski definition) is 1. The fourth-order valence-electron chi connectivity index (χ4n) is 3.04. The highest BCUT2D eigenvalue weighted by Gasteiger charge is 2.40. The van der Waals surface area contributed by atoms with Gasteiger partial charge in [-0.1, -0.05) is 30.3 Å². The van der Waals surface area contributed by atoms with E-state index in [-0.39, 0.29) is 11.9 Å². The maximum atomic E-state index is 12.4. The third-order valence-corrected chi connectivity index (χ3v) is 4.52. The maximum Gasteiger partial charge on any atom is 0.238 e. The van der Waals surface area contributed by atoms with E-state index in [9.17, 15) is 4.79 Å². The smallest absolute Gasteiger partial charge is 0.238 e. The van der Waals surface area contributed by atoms with Crippen LogP contribution in [0.4, 0.5) is 0 Å². The Bertz CT molecular complexity index is 778. The summed E-state index contributed by atoms with van der Waals surface area (Å²) >= 11 is 0. The van der Waals surface area contributed by atoms with Crippen molar-refractivity contribution < 1.29 is 19.0 Å². The molecule has 1 aliphatic rings. The van der Waals surface area contributed by atoms with Crippen LogP contribution in [0.2, 0.25) is 0 Å². The Kier molecular flexibility index (Phi) is 5.63. The predicted molar refractivity (Wildman–Crippen MR) is 98.6 cm³/mol. The molecule has 138 valence electrons. The second kappa shape index (κ2) is 8.10. The highest BCUT2D eigenvalue weighted by Crippen LogP contribution is 2.31. The second-order valence-electron chi connectivity index (χ2n) is 6.13. The molecular weight excluding hydrogens is 332 g/mol. The molecule has 1 aliphatic heterocycles. The van der Waals surface area contributed by atoms with E-state index < -0.39 is 0 Å². The number of ether oxygens (including phenoxy) is 3. The van der Waals surface area contributed by atoms with Gasteiger partial charge in [0.1, 0.15) is 11.8 Å². The molecule has 2 atom stereocenters. The van der Waals surface area contributed by atoms with Gasteiger partial charge in [0.25, 0.3) is 0 Å². The maximum absolute atomic E-state index is 12.4. The number of carbonyl (C=O) groups is 1. The van der Waals surface area contributed by atoms with Crippen molar-refractivity contribution in [3.8, 4) is 17.2 Å². The van der Waals surface area contributed by atoms with Crippen molar-refractivity contribution in [3.05, 3.63) is 53.6 Å². The van der Waals surface area contributed by atoms with Crippen LogP contribution in [0, 0.1) is 0 Å². The molecule has 1 saturated heterocycles. The van der Waals surface area contributed by atoms with Gasteiger partial charge in [0.05, 0.1) is 21.3 Å². The minimum Gasteiger partial charge on any atom is -0.496 e. The van der Waals surface area contributed by atoms with Crippen LogP contribution in [0.3, 0.4) is 0 Å². The number of amides is 1. The summed E-state index contributed by atoms with van der Waals surface area (Å²) in [5.41, 5.74) is 1.97. The lowest BCUT2D eigenvalue weighted by molar-refractivity contribution is -0.121. The number of nitrogens with zero attached hydrogens (tertiary/aromatic N) is 1. The van der Waals surface area contributed by atoms with E-state index in [0.29, 0.717) is 24.6 Å². The van der Waals surface area contributed by atoms with Gasteiger partial charge in [-0.05, 0) is 12.1 Å². The zero-order valence-electron chi connectivity index (χ0n) is 15.3.